The standard InChI is InChI=1S/C21H33NO2/c23-20-19-22-18-16-14-12-10-8-6-4-2-1-3-5-7-9-11-13-15-17-21(22)24/h2-5,8-11,23H,1,6-7,12-20H2/b4-2-,5-3-,10-8-,11-9-. The highest BCUT2D eigenvalue weighted by Crippen LogP contribution is 2.06. The minimum absolute atomic E-state index is 0.0458. The molecule has 1 amide bonds. The van der Waals surface area contributed by atoms with E-state index in [9.17, 15) is 4.79 Å². The first-order valence-corrected chi connectivity index (χ1v) is 9.33. The molecule has 0 fully saturated rings. The summed E-state index contributed by atoms with van der Waals surface area (Å²) in [5.74, 6) is 0.174. The molecule has 3 heteroatoms. The molecule has 1 aliphatic heterocycles. The van der Waals surface area contributed by atoms with E-state index in [0.29, 0.717) is 13.0 Å². The first kappa shape index (κ1) is 20.4. The lowest BCUT2D eigenvalue weighted by Gasteiger charge is -2.21. The van der Waals surface area contributed by atoms with E-state index in [2.05, 4.69) is 48.6 Å². The van der Waals surface area contributed by atoms with Crippen molar-refractivity contribution in [2.24, 2.45) is 0 Å². The van der Waals surface area contributed by atoms with Crippen LogP contribution in [0.5, 0.6) is 0 Å². The van der Waals surface area contributed by atoms with Gasteiger partial charge in [-0.2, -0.15) is 0 Å². The fourth-order valence-electron chi connectivity index (χ4n) is 2.62. The van der Waals surface area contributed by atoms with Crippen molar-refractivity contribution in [3.05, 3.63) is 48.6 Å². The molecule has 0 aromatic heterocycles. The van der Waals surface area contributed by atoms with Gasteiger partial charge in [0.05, 0.1) is 6.61 Å². The summed E-state index contributed by atoms with van der Waals surface area (Å²) in [6, 6.07) is 0. The lowest BCUT2D eigenvalue weighted by atomic mass is 10.1. The van der Waals surface area contributed by atoms with Crippen LogP contribution in [0.4, 0.5) is 0 Å². The van der Waals surface area contributed by atoms with Gasteiger partial charge in [-0.05, 0) is 51.4 Å². The Morgan fingerprint density at radius 3 is 1.92 bits per heavy atom. The Hall–Kier alpha value is -1.61. The molecule has 24 heavy (non-hydrogen) atoms. The molecular formula is C21H33NO2. The maximum atomic E-state index is 12.2. The number of hydrogen-bond acceptors (Lipinski definition) is 2. The number of carbonyl (C=O) groups excluding carboxylic acids is 1. The van der Waals surface area contributed by atoms with Crippen molar-refractivity contribution in [2.45, 2.75) is 57.8 Å². The van der Waals surface area contributed by atoms with Crippen molar-refractivity contribution in [1.29, 1.82) is 0 Å². The maximum Gasteiger partial charge on any atom is 0.222 e. The second kappa shape index (κ2) is 14.9. The van der Waals surface area contributed by atoms with E-state index in [1.807, 2.05) is 4.90 Å². The van der Waals surface area contributed by atoms with Crippen molar-refractivity contribution in [3.63, 3.8) is 0 Å². The van der Waals surface area contributed by atoms with Gasteiger partial charge in [-0.1, -0.05) is 48.6 Å². The van der Waals surface area contributed by atoms with E-state index in [1.165, 1.54) is 0 Å². The smallest absolute Gasteiger partial charge is 0.222 e. The summed E-state index contributed by atoms with van der Waals surface area (Å²) in [5.41, 5.74) is 0. The quantitative estimate of drug-likeness (QED) is 0.754. The van der Waals surface area contributed by atoms with Crippen LogP contribution in [0.25, 0.3) is 0 Å². The lowest BCUT2D eigenvalue weighted by Crippen LogP contribution is -2.34. The van der Waals surface area contributed by atoms with Crippen LogP contribution in [-0.4, -0.2) is 35.6 Å². The molecule has 0 aliphatic carbocycles. The number of carbonyl (C=O) groups is 1. The van der Waals surface area contributed by atoms with Gasteiger partial charge in [0.2, 0.25) is 5.91 Å². The lowest BCUT2D eigenvalue weighted by molar-refractivity contribution is -0.131. The molecule has 0 aromatic carbocycles. The average molecular weight is 332 g/mol. The van der Waals surface area contributed by atoms with E-state index in [-0.39, 0.29) is 12.5 Å². The highest BCUT2D eigenvalue weighted by atomic mass is 16.3. The van der Waals surface area contributed by atoms with Gasteiger partial charge in [-0.25, -0.2) is 0 Å². The van der Waals surface area contributed by atoms with Crippen LogP contribution in [-0.2, 0) is 4.79 Å². The molecule has 0 spiro atoms. The summed E-state index contributed by atoms with van der Waals surface area (Å²) in [5, 5.41) is 9.15. The van der Waals surface area contributed by atoms with Crippen molar-refractivity contribution in [2.75, 3.05) is 19.7 Å². The Bertz CT molecular complexity index is 435. The number of hydrogen-bond donors (Lipinski definition) is 1. The molecule has 0 bridgehead atoms. The highest BCUT2D eigenvalue weighted by Gasteiger charge is 2.11. The zero-order chi connectivity index (χ0) is 17.3. The number of amides is 1. The van der Waals surface area contributed by atoms with Crippen LogP contribution in [0.3, 0.4) is 0 Å². The maximum absolute atomic E-state index is 12.2. The minimum Gasteiger partial charge on any atom is -0.395 e. The Morgan fingerprint density at radius 1 is 0.792 bits per heavy atom. The third-order valence-electron chi connectivity index (χ3n) is 4.02. The number of allylic oxidation sites excluding steroid dienone is 8. The molecule has 0 radical (unpaired) electrons. The molecule has 3 nitrogen and oxygen atoms in total. The fraction of sp³-hybridized carbons (Fsp3) is 0.571. The molecule has 134 valence electrons. The number of nitrogens with zero attached hydrogens (tertiary/aromatic N) is 1. The normalized spacial score (nSPS) is 24.9. The molecule has 1 aliphatic rings. The molecular weight excluding hydrogens is 298 g/mol. The van der Waals surface area contributed by atoms with Gasteiger partial charge in [0.1, 0.15) is 0 Å². The molecule has 0 aromatic rings. The largest absolute Gasteiger partial charge is 0.395 e. The van der Waals surface area contributed by atoms with E-state index < -0.39 is 0 Å². The SMILES string of the molecule is O=C1CCC/C=C\C/C=C\C/C=C\C/C=C\CCCCN1CCO. The zero-order valence-electron chi connectivity index (χ0n) is 14.9. The third-order valence-corrected chi connectivity index (χ3v) is 4.02. The third kappa shape index (κ3) is 11.0. The highest BCUT2D eigenvalue weighted by molar-refractivity contribution is 5.76. The molecule has 0 saturated carbocycles. The van der Waals surface area contributed by atoms with Gasteiger partial charge in [-0.15, -0.1) is 0 Å². The van der Waals surface area contributed by atoms with Crippen LogP contribution in [0.2, 0.25) is 0 Å². The van der Waals surface area contributed by atoms with Gasteiger partial charge in [0.15, 0.2) is 0 Å². The summed E-state index contributed by atoms with van der Waals surface area (Å²) in [4.78, 5) is 14.1. The van der Waals surface area contributed by atoms with Crippen LogP contribution in [0.1, 0.15) is 57.8 Å². The predicted molar refractivity (Wildman–Crippen MR) is 102 cm³/mol. The van der Waals surface area contributed by atoms with Gasteiger partial charge in [-0.3, -0.25) is 4.79 Å². The van der Waals surface area contributed by atoms with Crippen LogP contribution in [0, 0.1) is 0 Å². The fourth-order valence-corrected chi connectivity index (χ4v) is 2.62. The predicted octanol–water partition coefficient (Wildman–Crippen LogP) is 4.56. The van der Waals surface area contributed by atoms with Crippen molar-refractivity contribution in [3.8, 4) is 0 Å². The molecule has 1 rings (SSSR count). The topological polar surface area (TPSA) is 40.5 Å². The second-order valence-electron chi connectivity index (χ2n) is 6.09. The first-order chi connectivity index (χ1) is 11.8. The monoisotopic (exact) mass is 331 g/mol. The molecule has 0 saturated heterocycles. The molecule has 0 atom stereocenters. The summed E-state index contributed by atoms with van der Waals surface area (Å²) in [6.07, 6.45) is 26.0. The summed E-state index contributed by atoms with van der Waals surface area (Å²) >= 11 is 0. The summed E-state index contributed by atoms with van der Waals surface area (Å²) in [6.45, 7) is 1.26. The Balaban J connectivity index is 2.49. The minimum atomic E-state index is 0.0458. The van der Waals surface area contributed by atoms with Crippen LogP contribution < -0.4 is 0 Å². The van der Waals surface area contributed by atoms with E-state index in [4.69, 9.17) is 5.11 Å². The molecule has 1 N–H and O–H groups in total. The zero-order valence-corrected chi connectivity index (χ0v) is 14.9. The van der Waals surface area contributed by atoms with Gasteiger partial charge < -0.3 is 10.0 Å². The van der Waals surface area contributed by atoms with Crippen molar-refractivity contribution in [1.82, 2.24) is 4.90 Å². The number of β-amino-alcohol motifs (C(OH)–C–C–N with tert-alkyl or cyclic N) is 1. The van der Waals surface area contributed by atoms with Crippen LogP contribution >= 0.6 is 0 Å². The first-order valence-electron chi connectivity index (χ1n) is 9.33. The summed E-state index contributed by atoms with van der Waals surface area (Å²) < 4.78 is 0. The van der Waals surface area contributed by atoms with E-state index >= 15 is 0 Å². The average Bonchev–Trinajstić information content (AvgIpc) is 2.58. The molecule has 0 unspecified atom stereocenters. The second-order valence-corrected chi connectivity index (χ2v) is 6.09. The van der Waals surface area contributed by atoms with E-state index in [0.717, 1.165) is 57.9 Å². The number of aliphatic hydroxyl groups excluding tert-OH is 1. The Labute approximate surface area is 147 Å². The van der Waals surface area contributed by atoms with E-state index in [1.54, 1.807) is 0 Å². The number of aliphatic hydroxyl groups is 1. The Kier molecular flexibility index (Phi) is 12.7. The van der Waals surface area contributed by atoms with Crippen LogP contribution in [0.15, 0.2) is 48.6 Å². The van der Waals surface area contributed by atoms with Crippen molar-refractivity contribution < 1.29 is 9.90 Å². The Morgan fingerprint density at radius 2 is 1.33 bits per heavy atom. The van der Waals surface area contributed by atoms with Gasteiger partial charge >= 0.3 is 0 Å². The molecule has 1 heterocycles. The van der Waals surface area contributed by atoms with Crippen molar-refractivity contribution >= 4 is 5.91 Å². The number of rotatable bonds is 2. The summed E-state index contributed by atoms with van der Waals surface area (Å²) in [7, 11) is 0. The van der Waals surface area contributed by atoms with Gasteiger partial charge in [0, 0.05) is 19.5 Å². The van der Waals surface area contributed by atoms with Gasteiger partial charge in [0.25, 0.3) is 0 Å².